The fourth-order valence-corrected chi connectivity index (χ4v) is 5.11. The Kier molecular flexibility index (Phi) is 11.5. The second kappa shape index (κ2) is 14.1. The molecule has 2 aromatic heterocycles. The molecule has 0 amide bonds. The number of aromatic nitrogens is 3. The van der Waals surface area contributed by atoms with Crippen molar-refractivity contribution >= 4 is 16.7 Å². The van der Waals surface area contributed by atoms with E-state index in [1.165, 1.54) is 24.9 Å². The third kappa shape index (κ3) is 7.35. The van der Waals surface area contributed by atoms with Gasteiger partial charge in [0.15, 0.2) is 0 Å². The van der Waals surface area contributed by atoms with E-state index in [0.29, 0.717) is 0 Å². The highest BCUT2D eigenvalue weighted by molar-refractivity contribution is 8.26. The predicted octanol–water partition coefficient (Wildman–Crippen LogP) is 9.32. The Morgan fingerprint density at radius 3 is 2.13 bits per heavy atom. The maximum Gasteiger partial charge on any atom is 0.369 e. The first-order valence-electron chi connectivity index (χ1n) is 13.4. The average molecular weight is 552 g/mol. The van der Waals surface area contributed by atoms with E-state index in [9.17, 15) is 4.79 Å². The molecule has 0 aliphatic heterocycles. The molecule has 0 bridgehead atoms. The molecule has 2 heterocycles. The van der Waals surface area contributed by atoms with E-state index in [1.807, 2.05) is 61.1 Å². The van der Waals surface area contributed by atoms with Crippen molar-refractivity contribution < 1.29 is 12.9 Å². The van der Waals surface area contributed by atoms with Crippen molar-refractivity contribution in [3.05, 3.63) is 102 Å². The molecule has 7 heteroatoms. The number of halogens is 1. The van der Waals surface area contributed by atoms with Crippen LogP contribution in [0.25, 0.3) is 16.9 Å². The lowest BCUT2D eigenvalue weighted by molar-refractivity contribution is 0.0740. The van der Waals surface area contributed by atoms with E-state index >= 15 is 3.89 Å². The SMILES string of the molecule is CC.CCC.Cc1cccc(C)c1-n1ccc(-c2ccccc2C(C)(C)S(C)(F)OC(=O)c2ccccn2)n1. The van der Waals surface area contributed by atoms with Gasteiger partial charge in [0.05, 0.1) is 26.8 Å². The van der Waals surface area contributed by atoms with E-state index in [-0.39, 0.29) is 5.69 Å². The lowest BCUT2D eigenvalue weighted by Crippen LogP contribution is -2.27. The summed E-state index contributed by atoms with van der Waals surface area (Å²) < 4.78 is 22.3. The quantitative estimate of drug-likeness (QED) is 0.240. The van der Waals surface area contributed by atoms with Gasteiger partial charge in [-0.1, -0.05) is 82.6 Å². The number of pyridine rings is 1. The van der Waals surface area contributed by atoms with Gasteiger partial charge in [0, 0.05) is 24.2 Å². The molecular formula is C32H42FN3O2S. The summed E-state index contributed by atoms with van der Waals surface area (Å²) in [5, 5.41) is 4.82. The molecule has 0 saturated carbocycles. The van der Waals surface area contributed by atoms with Gasteiger partial charge in [-0.2, -0.15) is 8.98 Å². The van der Waals surface area contributed by atoms with E-state index in [4.69, 9.17) is 9.28 Å². The van der Waals surface area contributed by atoms with E-state index < -0.39 is 21.4 Å². The minimum Gasteiger partial charge on any atom is -0.381 e. The number of carbonyl (C=O) groups is 1. The third-order valence-electron chi connectivity index (χ3n) is 6.13. The number of rotatable bonds is 6. The molecule has 210 valence electrons. The topological polar surface area (TPSA) is 57.0 Å². The lowest BCUT2D eigenvalue weighted by atomic mass is 9.95. The number of para-hydroxylation sites is 1. The number of aryl methyl sites for hydroxylation is 2. The van der Waals surface area contributed by atoms with Crippen LogP contribution in [0.4, 0.5) is 3.89 Å². The van der Waals surface area contributed by atoms with Gasteiger partial charge >= 0.3 is 5.97 Å². The van der Waals surface area contributed by atoms with Gasteiger partial charge in [0.1, 0.15) is 5.69 Å². The molecule has 4 rings (SSSR count). The first kappa shape index (κ1) is 31.8. The van der Waals surface area contributed by atoms with Crippen molar-refractivity contribution in [1.82, 2.24) is 14.8 Å². The molecule has 1 unspecified atom stereocenters. The predicted molar refractivity (Wildman–Crippen MR) is 163 cm³/mol. The molecule has 0 N–H and O–H groups in total. The maximum atomic E-state index is 16.1. The largest absolute Gasteiger partial charge is 0.381 e. The molecule has 0 spiro atoms. The number of benzene rings is 2. The zero-order valence-corrected chi connectivity index (χ0v) is 25.5. The molecule has 0 saturated heterocycles. The van der Waals surface area contributed by atoms with E-state index in [1.54, 1.807) is 26.0 Å². The summed E-state index contributed by atoms with van der Waals surface area (Å²) in [5.74, 6) is -0.773. The number of carbonyl (C=O) groups excluding carboxylic acids is 1. The summed E-state index contributed by atoms with van der Waals surface area (Å²) in [6.07, 6.45) is 6.01. The molecule has 5 nitrogen and oxygen atoms in total. The van der Waals surface area contributed by atoms with Crippen molar-refractivity contribution in [2.45, 2.75) is 66.6 Å². The highest BCUT2D eigenvalue weighted by Crippen LogP contribution is 2.64. The molecule has 4 aromatic rings. The molecule has 0 radical (unpaired) electrons. The Labute approximate surface area is 235 Å². The smallest absolute Gasteiger partial charge is 0.369 e. The first-order chi connectivity index (χ1) is 18.5. The first-order valence-corrected chi connectivity index (χ1v) is 15.2. The second-order valence-corrected chi connectivity index (χ2v) is 12.2. The molecular weight excluding hydrogens is 509 g/mol. The van der Waals surface area contributed by atoms with E-state index in [0.717, 1.165) is 33.6 Å². The van der Waals surface area contributed by atoms with Crippen LogP contribution in [-0.4, -0.2) is 27.0 Å². The maximum absolute atomic E-state index is 16.1. The summed E-state index contributed by atoms with van der Waals surface area (Å²) >= 11 is 0. The van der Waals surface area contributed by atoms with Gasteiger partial charge in [-0.3, -0.25) is 0 Å². The van der Waals surface area contributed by atoms with Crippen LogP contribution in [-0.2, 0) is 8.93 Å². The van der Waals surface area contributed by atoms with Crippen LogP contribution in [0, 0.1) is 13.8 Å². The van der Waals surface area contributed by atoms with Gasteiger partial charge in [-0.15, -0.1) is 0 Å². The summed E-state index contributed by atoms with van der Waals surface area (Å²) in [6.45, 7) is 15.9. The Balaban J connectivity index is 0.000000998. The van der Waals surface area contributed by atoms with Crippen molar-refractivity contribution in [2.24, 2.45) is 0 Å². The number of hydrogen-bond donors (Lipinski definition) is 0. The van der Waals surface area contributed by atoms with Gasteiger partial charge in [0.2, 0.25) is 0 Å². The molecule has 1 atom stereocenters. The molecule has 2 aromatic carbocycles. The zero-order chi connectivity index (χ0) is 29.2. The third-order valence-corrected chi connectivity index (χ3v) is 8.63. The monoisotopic (exact) mass is 551 g/mol. The molecule has 0 fully saturated rings. The Morgan fingerprint density at radius 2 is 1.54 bits per heavy atom. The summed E-state index contributed by atoms with van der Waals surface area (Å²) in [5.41, 5.74) is 5.57. The average Bonchev–Trinajstić information content (AvgIpc) is 3.40. The van der Waals surface area contributed by atoms with Gasteiger partial charge in [0.25, 0.3) is 0 Å². The fraction of sp³-hybridized carbons (Fsp3) is 0.344. The van der Waals surface area contributed by atoms with Crippen LogP contribution in [0.3, 0.4) is 0 Å². The minimum absolute atomic E-state index is 0.0790. The van der Waals surface area contributed by atoms with E-state index in [2.05, 4.69) is 44.8 Å². The lowest BCUT2D eigenvalue weighted by Gasteiger charge is -2.41. The van der Waals surface area contributed by atoms with Crippen LogP contribution in [0.2, 0.25) is 0 Å². The summed E-state index contributed by atoms with van der Waals surface area (Å²) in [7, 11) is -3.37. The standard InChI is InChI=1S/C27H28FN3O2S.C3H8.C2H6/c1-19-11-10-12-20(2)25(19)31-18-16-23(30-31)21-13-6-7-14-22(21)27(3,4)34(5,28)33-26(32)24-15-8-9-17-29-24;1-3-2;1-2/h6-18H,1-5H3;3H2,1-2H3;1-2H3. The summed E-state index contributed by atoms with van der Waals surface area (Å²) in [6, 6.07) is 20.5. The van der Waals surface area contributed by atoms with Crippen LogP contribution < -0.4 is 0 Å². The normalized spacial score (nSPS) is 13.1. The molecule has 39 heavy (non-hydrogen) atoms. The molecule has 0 aliphatic rings. The van der Waals surface area contributed by atoms with Gasteiger partial charge in [-0.25, -0.2) is 14.5 Å². The minimum atomic E-state index is -3.37. The van der Waals surface area contributed by atoms with Crippen LogP contribution in [0.1, 0.15) is 75.1 Å². The van der Waals surface area contributed by atoms with Crippen molar-refractivity contribution in [3.8, 4) is 16.9 Å². The van der Waals surface area contributed by atoms with Crippen molar-refractivity contribution in [2.75, 3.05) is 6.26 Å². The second-order valence-electron chi connectivity index (χ2n) is 9.48. The highest BCUT2D eigenvalue weighted by Gasteiger charge is 2.44. The van der Waals surface area contributed by atoms with Gasteiger partial charge < -0.3 is 4.18 Å². The van der Waals surface area contributed by atoms with Gasteiger partial charge in [-0.05, 0) is 62.6 Å². The fourth-order valence-electron chi connectivity index (χ4n) is 3.96. The van der Waals surface area contributed by atoms with Crippen molar-refractivity contribution in [1.29, 1.82) is 0 Å². The number of hydrogen-bond acceptors (Lipinski definition) is 4. The highest BCUT2D eigenvalue weighted by atomic mass is 32.3. The van der Waals surface area contributed by atoms with Crippen molar-refractivity contribution in [3.63, 3.8) is 0 Å². The summed E-state index contributed by atoms with van der Waals surface area (Å²) in [4.78, 5) is 16.6. The van der Waals surface area contributed by atoms with Crippen LogP contribution >= 0.6 is 10.7 Å². The number of nitrogens with zero attached hydrogens (tertiary/aromatic N) is 3. The Morgan fingerprint density at radius 1 is 0.949 bits per heavy atom. The van der Waals surface area contributed by atoms with Crippen LogP contribution in [0.5, 0.6) is 0 Å². The Bertz CT molecular complexity index is 1330. The Hall–Kier alpha value is -3.45. The zero-order valence-electron chi connectivity index (χ0n) is 24.7. The molecule has 0 aliphatic carbocycles. The van der Waals surface area contributed by atoms with Crippen LogP contribution in [0.15, 0.2) is 79.1 Å².